The number of hydrogen-bond acceptors (Lipinski definition) is 4. The van der Waals surface area contributed by atoms with Gasteiger partial charge in [0.25, 0.3) is 0 Å². The van der Waals surface area contributed by atoms with Crippen LogP contribution in [-0.4, -0.2) is 14.8 Å². The monoisotopic (exact) mass is 403 g/mol. The van der Waals surface area contributed by atoms with Gasteiger partial charge in [-0.15, -0.1) is 10.2 Å². The van der Waals surface area contributed by atoms with Crippen molar-refractivity contribution in [2.45, 2.75) is 44.8 Å². The van der Waals surface area contributed by atoms with Crippen LogP contribution in [0, 0.1) is 13.8 Å². The lowest BCUT2D eigenvalue weighted by molar-refractivity contribution is 0.288. The molecule has 29 heavy (non-hydrogen) atoms. The van der Waals surface area contributed by atoms with Crippen LogP contribution in [0.2, 0.25) is 0 Å². The van der Waals surface area contributed by atoms with Crippen molar-refractivity contribution in [2.24, 2.45) is 0 Å². The Bertz CT molecular complexity index is 1110. The van der Waals surface area contributed by atoms with Crippen LogP contribution in [0.15, 0.2) is 65.8 Å². The highest BCUT2D eigenvalue weighted by Gasteiger charge is 2.13. The first-order chi connectivity index (χ1) is 14.1. The maximum atomic E-state index is 6.00. The van der Waals surface area contributed by atoms with Crippen LogP contribution in [0.25, 0.3) is 10.8 Å². The minimum atomic E-state index is 0.415. The van der Waals surface area contributed by atoms with Gasteiger partial charge >= 0.3 is 0 Å². The first-order valence-electron chi connectivity index (χ1n) is 9.86. The molecule has 0 aliphatic rings. The standard InChI is InChI=1S/C24H25N3OS/c1-4-27-23(15-28-21-13-17(2)12-18(3)14-21)25-26-24(27)29-16-20-10-7-9-19-8-5-6-11-22(19)20/h5-14H,4,15-16H2,1-3H3. The number of hydrogen-bond donors (Lipinski definition) is 0. The molecule has 0 spiro atoms. The predicted octanol–water partition coefficient (Wildman–Crippen LogP) is 5.94. The SMILES string of the molecule is CCn1c(COc2cc(C)cc(C)c2)nnc1SCc1cccc2ccccc12. The lowest BCUT2D eigenvalue weighted by Crippen LogP contribution is -2.07. The van der Waals surface area contributed by atoms with E-state index in [1.54, 1.807) is 11.8 Å². The Morgan fingerprint density at radius 2 is 1.69 bits per heavy atom. The van der Waals surface area contributed by atoms with Gasteiger partial charge in [-0.2, -0.15) is 0 Å². The van der Waals surface area contributed by atoms with E-state index < -0.39 is 0 Å². The molecule has 1 heterocycles. The number of thioether (sulfide) groups is 1. The molecule has 0 aliphatic carbocycles. The molecule has 5 heteroatoms. The zero-order valence-corrected chi connectivity index (χ0v) is 17.9. The molecular formula is C24H25N3OS. The summed E-state index contributed by atoms with van der Waals surface area (Å²) in [7, 11) is 0. The molecule has 4 rings (SSSR count). The lowest BCUT2D eigenvalue weighted by atomic mass is 10.1. The summed E-state index contributed by atoms with van der Waals surface area (Å²) in [6, 6.07) is 21.2. The maximum Gasteiger partial charge on any atom is 0.191 e. The van der Waals surface area contributed by atoms with Gasteiger partial charge in [0.2, 0.25) is 0 Å². The summed E-state index contributed by atoms with van der Waals surface area (Å²) in [5.74, 6) is 2.59. The molecule has 0 N–H and O–H groups in total. The summed E-state index contributed by atoms with van der Waals surface area (Å²) < 4.78 is 8.13. The van der Waals surface area contributed by atoms with E-state index in [9.17, 15) is 0 Å². The average Bonchev–Trinajstić information content (AvgIpc) is 3.11. The fourth-order valence-corrected chi connectivity index (χ4v) is 4.60. The molecule has 0 bridgehead atoms. The Morgan fingerprint density at radius 3 is 2.48 bits per heavy atom. The van der Waals surface area contributed by atoms with Gasteiger partial charge in [-0.3, -0.25) is 0 Å². The number of fused-ring (bicyclic) bond motifs is 1. The Morgan fingerprint density at radius 1 is 0.931 bits per heavy atom. The summed E-state index contributed by atoms with van der Waals surface area (Å²) >= 11 is 1.72. The molecule has 0 fully saturated rings. The van der Waals surface area contributed by atoms with Gasteiger partial charge in [-0.1, -0.05) is 60.3 Å². The van der Waals surface area contributed by atoms with Crippen molar-refractivity contribution in [3.8, 4) is 5.75 Å². The molecule has 0 unspecified atom stereocenters. The molecule has 4 nitrogen and oxygen atoms in total. The van der Waals surface area contributed by atoms with E-state index >= 15 is 0 Å². The van der Waals surface area contributed by atoms with Crippen LogP contribution in [0.4, 0.5) is 0 Å². The zero-order chi connectivity index (χ0) is 20.2. The highest BCUT2D eigenvalue weighted by Crippen LogP contribution is 2.27. The second kappa shape index (κ2) is 8.70. The zero-order valence-electron chi connectivity index (χ0n) is 17.1. The van der Waals surface area contributed by atoms with E-state index in [0.717, 1.165) is 29.0 Å². The fourth-order valence-electron chi connectivity index (χ4n) is 3.57. The van der Waals surface area contributed by atoms with Crippen LogP contribution >= 0.6 is 11.8 Å². The molecule has 0 radical (unpaired) electrons. The topological polar surface area (TPSA) is 39.9 Å². The highest BCUT2D eigenvalue weighted by atomic mass is 32.2. The lowest BCUT2D eigenvalue weighted by Gasteiger charge is -2.10. The van der Waals surface area contributed by atoms with Crippen molar-refractivity contribution >= 4 is 22.5 Å². The van der Waals surface area contributed by atoms with Crippen molar-refractivity contribution in [3.05, 3.63) is 83.2 Å². The molecular weight excluding hydrogens is 378 g/mol. The minimum Gasteiger partial charge on any atom is -0.486 e. The smallest absolute Gasteiger partial charge is 0.191 e. The molecule has 0 saturated heterocycles. The van der Waals surface area contributed by atoms with E-state index in [-0.39, 0.29) is 0 Å². The summed E-state index contributed by atoms with van der Waals surface area (Å²) in [6.45, 7) is 7.51. The first-order valence-corrected chi connectivity index (χ1v) is 10.8. The maximum absolute atomic E-state index is 6.00. The van der Waals surface area contributed by atoms with E-state index in [0.29, 0.717) is 6.61 Å². The molecule has 0 amide bonds. The van der Waals surface area contributed by atoms with Gasteiger partial charge < -0.3 is 9.30 Å². The summed E-state index contributed by atoms with van der Waals surface area (Å²) in [4.78, 5) is 0. The molecule has 1 aromatic heterocycles. The number of aromatic nitrogens is 3. The minimum absolute atomic E-state index is 0.415. The number of benzene rings is 3. The molecule has 0 atom stereocenters. The summed E-state index contributed by atoms with van der Waals surface area (Å²) in [5, 5.41) is 12.3. The second-order valence-electron chi connectivity index (χ2n) is 7.18. The fraction of sp³-hybridized carbons (Fsp3) is 0.250. The number of aryl methyl sites for hydroxylation is 2. The predicted molar refractivity (Wildman–Crippen MR) is 119 cm³/mol. The Hall–Kier alpha value is -2.79. The largest absolute Gasteiger partial charge is 0.486 e. The van der Waals surface area contributed by atoms with Crippen molar-refractivity contribution in [3.63, 3.8) is 0 Å². The van der Waals surface area contributed by atoms with E-state index in [1.807, 2.05) is 0 Å². The highest BCUT2D eigenvalue weighted by molar-refractivity contribution is 7.98. The molecule has 0 saturated carbocycles. The Kier molecular flexibility index (Phi) is 5.86. The van der Waals surface area contributed by atoms with Crippen molar-refractivity contribution in [1.82, 2.24) is 14.8 Å². The van der Waals surface area contributed by atoms with Crippen molar-refractivity contribution in [2.75, 3.05) is 0 Å². The number of rotatable bonds is 7. The Labute approximate surface area is 175 Å². The normalized spacial score (nSPS) is 11.1. The quantitative estimate of drug-likeness (QED) is 0.358. The van der Waals surface area contributed by atoms with Gasteiger partial charge in [0.15, 0.2) is 11.0 Å². The van der Waals surface area contributed by atoms with Crippen LogP contribution in [-0.2, 0) is 18.9 Å². The van der Waals surface area contributed by atoms with Crippen molar-refractivity contribution < 1.29 is 4.74 Å². The molecule has 4 aromatic rings. The first kappa shape index (κ1) is 19.5. The number of nitrogens with zero attached hydrogens (tertiary/aromatic N) is 3. The van der Waals surface area contributed by atoms with E-state index in [1.165, 1.54) is 27.5 Å². The van der Waals surface area contributed by atoms with E-state index in [4.69, 9.17) is 4.74 Å². The molecule has 148 valence electrons. The second-order valence-corrected chi connectivity index (χ2v) is 8.12. The third kappa shape index (κ3) is 4.46. The third-order valence-electron chi connectivity index (χ3n) is 4.91. The van der Waals surface area contributed by atoms with Crippen LogP contribution in [0.1, 0.15) is 29.4 Å². The van der Waals surface area contributed by atoms with Gasteiger partial charge in [0, 0.05) is 12.3 Å². The van der Waals surface area contributed by atoms with Crippen molar-refractivity contribution in [1.29, 1.82) is 0 Å². The summed E-state index contributed by atoms with van der Waals surface area (Å²) in [6.07, 6.45) is 0. The summed E-state index contributed by atoms with van der Waals surface area (Å²) in [5.41, 5.74) is 3.71. The molecule has 0 aliphatic heterocycles. The Balaban J connectivity index is 1.48. The van der Waals surface area contributed by atoms with Crippen LogP contribution in [0.3, 0.4) is 0 Å². The van der Waals surface area contributed by atoms with E-state index in [2.05, 4.69) is 96.2 Å². The van der Waals surface area contributed by atoms with Crippen LogP contribution < -0.4 is 4.74 Å². The van der Waals surface area contributed by atoms with Gasteiger partial charge in [0.05, 0.1) is 0 Å². The average molecular weight is 404 g/mol. The van der Waals surface area contributed by atoms with Gasteiger partial charge in [0.1, 0.15) is 12.4 Å². The molecule has 3 aromatic carbocycles. The number of ether oxygens (including phenoxy) is 1. The van der Waals surface area contributed by atoms with Gasteiger partial charge in [-0.05, 0) is 60.4 Å². The van der Waals surface area contributed by atoms with Crippen LogP contribution in [0.5, 0.6) is 5.75 Å². The third-order valence-corrected chi connectivity index (χ3v) is 5.93. The van der Waals surface area contributed by atoms with Gasteiger partial charge in [-0.25, -0.2) is 0 Å².